The summed E-state index contributed by atoms with van der Waals surface area (Å²) in [5, 5.41) is 12.7. The summed E-state index contributed by atoms with van der Waals surface area (Å²) in [6.45, 7) is 5.58. The van der Waals surface area contributed by atoms with E-state index in [1.54, 1.807) is 0 Å². The number of rotatable bonds is 5. The van der Waals surface area contributed by atoms with E-state index in [4.69, 9.17) is 0 Å². The molecule has 0 aromatic heterocycles. The van der Waals surface area contributed by atoms with Crippen LogP contribution in [0.3, 0.4) is 0 Å². The van der Waals surface area contributed by atoms with E-state index in [9.17, 15) is 5.26 Å². The molecule has 1 saturated heterocycles. The fourth-order valence-electron chi connectivity index (χ4n) is 2.71. The van der Waals surface area contributed by atoms with E-state index >= 15 is 0 Å². The van der Waals surface area contributed by atoms with Gasteiger partial charge in [0.2, 0.25) is 0 Å². The number of nitrogens with one attached hydrogen (secondary N) is 1. The first-order valence-electron chi connectivity index (χ1n) is 6.71. The lowest BCUT2D eigenvalue weighted by molar-refractivity contribution is 0.169. The highest BCUT2D eigenvalue weighted by Crippen LogP contribution is 2.30. The Morgan fingerprint density at radius 2 is 2.25 bits per heavy atom. The molecular formula is C13H23N3. The molecule has 1 aliphatic heterocycles. The van der Waals surface area contributed by atoms with Gasteiger partial charge in [-0.3, -0.25) is 4.90 Å². The first-order chi connectivity index (χ1) is 7.85. The van der Waals surface area contributed by atoms with Crippen molar-refractivity contribution < 1.29 is 0 Å². The standard InChI is InChI=1S/C13H23N3/c1-2-12(8-14)16(13-5-6-13)10-11-4-3-7-15-9-11/h11-13,15H,2-7,9-10H2,1H3. The molecule has 1 N–H and O–H groups in total. The largest absolute Gasteiger partial charge is 0.316 e. The van der Waals surface area contributed by atoms with E-state index in [0.29, 0.717) is 6.04 Å². The van der Waals surface area contributed by atoms with Crippen LogP contribution in [0.15, 0.2) is 0 Å². The van der Waals surface area contributed by atoms with Crippen molar-refractivity contribution in [3.05, 3.63) is 0 Å². The van der Waals surface area contributed by atoms with Gasteiger partial charge in [-0.2, -0.15) is 5.26 Å². The predicted molar refractivity (Wildman–Crippen MR) is 65.0 cm³/mol. The SMILES string of the molecule is CCC(C#N)N(CC1CCCNC1)C1CC1. The van der Waals surface area contributed by atoms with Crippen molar-refractivity contribution in [3.8, 4) is 6.07 Å². The molecule has 0 radical (unpaired) electrons. The zero-order valence-electron chi connectivity index (χ0n) is 10.3. The van der Waals surface area contributed by atoms with Gasteiger partial charge in [-0.1, -0.05) is 6.92 Å². The van der Waals surface area contributed by atoms with Gasteiger partial charge in [0, 0.05) is 12.6 Å². The zero-order valence-corrected chi connectivity index (χ0v) is 10.3. The van der Waals surface area contributed by atoms with Gasteiger partial charge in [0.05, 0.1) is 12.1 Å². The van der Waals surface area contributed by atoms with Gasteiger partial charge >= 0.3 is 0 Å². The van der Waals surface area contributed by atoms with Gasteiger partial charge in [0.1, 0.15) is 0 Å². The maximum Gasteiger partial charge on any atom is 0.0977 e. The molecule has 0 amide bonds. The van der Waals surface area contributed by atoms with Crippen molar-refractivity contribution in [1.29, 1.82) is 5.26 Å². The summed E-state index contributed by atoms with van der Waals surface area (Å²) in [6, 6.07) is 3.33. The zero-order chi connectivity index (χ0) is 11.4. The van der Waals surface area contributed by atoms with Crippen LogP contribution in [0.25, 0.3) is 0 Å². The average molecular weight is 221 g/mol. The minimum atomic E-state index is 0.148. The lowest BCUT2D eigenvalue weighted by Gasteiger charge is -2.32. The monoisotopic (exact) mass is 221 g/mol. The Balaban J connectivity index is 1.89. The van der Waals surface area contributed by atoms with Gasteiger partial charge in [-0.25, -0.2) is 0 Å². The van der Waals surface area contributed by atoms with Crippen molar-refractivity contribution in [3.63, 3.8) is 0 Å². The fraction of sp³-hybridized carbons (Fsp3) is 0.923. The molecule has 2 rings (SSSR count). The highest BCUT2D eigenvalue weighted by molar-refractivity contribution is 4.98. The van der Waals surface area contributed by atoms with Crippen LogP contribution in [-0.4, -0.2) is 36.6 Å². The second kappa shape index (κ2) is 5.65. The number of nitriles is 1. The van der Waals surface area contributed by atoms with Crippen LogP contribution in [0, 0.1) is 17.2 Å². The normalized spacial score (nSPS) is 27.7. The van der Waals surface area contributed by atoms with Gasteiger partial charge in [-0.15, -0.1) is 0 Å². The van der Waals surface area contributed by atoms with Crippen LogP contribution in [0.4, 0.5) is 0 Å². The molecule has 0 spiro atoms. The Morgan fingerprint density at radius 1 is 1.44 bits per heavy atom. The Hall–Kier alpha value is -0.590. The molecule has 2 atom stereocenters. The maximum absolute atomic E-state index is 9.20. The molecule has 1 aliphatic carbocycles. The molecule has 3 heteroatoms. The highest BCUT2D eigenvalue weighted by Gasteiger charge is 2.34. The molecule has 0 aromatic carbocycles. The summed E-state index contributed by atoms with van der Waals surface area (Å²) in [6.07, 6.45) is 6.20. The quantitative estimate of drug-likeness (QED) is 0.769. The van der Waals surface area contributed by atoms with Crippen molar-refractivity contribution in [2.75, 3.05) is 19.6 Å². The van der Waals surface area contributed by atoms with Crippen molar-refractivity contribution in [2.45, 2.75) is 51.1 Å². The minimum absolute atomic E-state index is 0.148. The lowest BCUT2D eigenvalue weighted by atomic mass is 9.98. The molecule has 2 unspecified atom stereocenters. The number of nitrogens with zero attached hydrogens (tertiary/aromatic N) is 2. The first kappa shape index (κ1) is 11.9. The van der Waals surface area contributed by atoms with E-state index in [1.807, 2.05) is 0 Å². The van der Waals surface area contributed by atoms with E-state index in [-0.39, 0.29) is 6.04 Å². The third-order valence-electron chi connectivity index (χ3n) is 3.82. The van der Waals surface area contributed by atoms with Gasteiger partial charge in [0.15, 0.2) is 0 Å². The van der Waals surface area contributed by atoms with Gasteiger partial charge < -0.3 is 5.32 Å². The molecule has 1 saturated carbocycles. The molecular weight excluding hydrogens is 198 g/mol. The summed E-state index contributed by atoms with van der Waals surface area (Å²) in [4.78, 5) is 2.47. The summed E-state index contributed by atoms with van der Waals surface area (Å²) in [5.41, 5.74) is 0. The Labute approximate surface area is 98.8 Å². The minimum Gasteiger partial charge on any atom is -0.316 e. The summed E-state index contributed by atoms with van der Waals surface area (Å²) in [7, 11) is 0. The summed E-state index contributed by atoms with van der Waals surface area (Å²) in [5.74, 6) is 0.761. The Morgan fingerprint density at radius 3 is 2.75 bits per heavy atom. The second-order valence-corrected chi connectivity index (χ2v) is 5.19. The topological polar surface area (TPSA) is 39.1 Å². The Kier molecular flexibility index (Phi) is 4.20. The number of piperidine rings is 1. The molecule has 0 bridgehead atoms. The first-order valence-corrected chi connectivity index (χ1v) is 6.71. The van der Waals surface area contributed by atoms with Gasteiger partial charge in [0.25, 0.3) is 0 Å². The van der Waals surface area contributed by atoms with Gasteiger partial charge in [-0.05, 0) is 51.1 Å². The van der Waals surface area contributed by atoms with E-state index in [2.05, 4.69) is 23.2 Å². The van der Waals surface area contributed by atoms with Crippen molar-refractivity contribution in [1.82, 2.24) is 10.2 Å². The molecule has 2 aliphatic rings. The Bertz CT molecular complexity index is 248. The predicted octanol–water partition coefficient (Wildman–Crippen LogP) is 1.75. The molecule has 2 fully saturated rings. The highest BCUT2D eigenvalue weighted by atomic mass is 15.2. The van der Waals surface area contributed by atoms with Crippen LogP contribution in [0.2, 0.25) is 0 Å². The molecule has 0 aromatic rings. The third kappa shape index (κ3) is 2.96. The van der Waals surface area contributed by atoms with Crippen LogP contribution in [0.1, 0.15) is 39.0 Å². The van der Waals surface area contributed by atoms with E-state index in [0.717, 1.165) is 25.4 Å². The third-order valence-corrected chi connectivity index (χ3v) is 3.82. The molecule has 16 heavy (non-hydrogen) atoms. The molecule has 1 heterocycles. The molecule has 90 valence electrons. The van der Waals surface area contributed by atoms with Crippen LogP contribution < -0.4 is 5.32 Å². The fourth-order valence-corrected chi connectivity index (χ4v) is 2.71. The smallest absolute Gasteiger partial charge is 0.0977 e. The van der Waals surface area contributed by atoms with Crippen LogP contribution >= 0.6 is 0 Å². The van der Waals surface area contributed by atoms with E-state index < -0.39 is 0 Å². The average Bonchev–Trinajstić information content (AvgIpc) is 3.14. The number of hydrogen-bond donors (Lipinski definition) is 1. The van der Waals surface area contributed by atoms with E-state index in [1.165, 1.54) is 32.2 Å². The summed E-state index contributed by atoms with van der Waals surface area (Å²) >= 11 is 0. The van der Waals surface area contributed by atoms with Crippen LogP contribution in [0.5, 0.6) is 0 Å². The van der Waals surface area contributed by atoms with Crippen molar-refractivity contribution in [2.24, 2.45) is 5.92 Å². The lowest BCUT2D eigenvalue weighted by Crippen LogP contribution is -2.43. The summed E-state index contributed by atoms with van der Waals surface area (Å²) < 4.78 is 0. The maximum atomic E-state index is 9.20. The van der Waals surface area contributed by atoms with Crippen LogP contribution in [-0.2, 0) is 0 Å². The number of hydrogen-bond acceptors (Lipinski definition) is 3. The van der Waals surface area contributed by atoms with Crippen molar-refractivity contribution >= 4 is 0 Å². The molecule has 3 nitrogen and oxygen atoms in total. The second-order valence-electron chi connectivity index (χ2n) is 5.19.